The van der Waals surface area contributed by atoms with Crippen LogP contribution in [0.15, 0.2) is 182 Å². The molecule has 25 atom stereocenters. The first-order valence-corrected chi connectivity index (χ1v) is 50.1. The Hall–Kier alpha value is -9.38. The van der Waals surface area contributed by atoms with Crippen LogP contribution in [0.2, 0.25) is 0 Å². The number of aliphatic hydroxyl groups excluding tert-OH is 15. The zero-order chi connectivity index (χ0) is 111. The number of Topliss-reactive ketones (excluding diaryl/α,β-unsaturated/α-hetero) is 8. The van der Waals surface area contributed by atoms with Crippen LogP contribution in [0.4, 0.5) is 0 Å². The van der Waals surface area contributed by atoms with Crippen molar-refractivity contribution in [1.82, 2.24) is 0 Å². The quantitative estimate of drug-likeness (QED) is 0.0443. The summed E-state index contributed by atoms with van der Waals surface area (Å²) in [5, 5.41) is 150. The number of nitrogens with two attached hydrogens (primary N) is 10. The van der Waals surface area contributed by atoms with Crippen molar-refractivity contribution in [1.29, 1.82) is 0 Å². The molecule has 0 aliphatic heterocycles. The number of carbonyl (C=O) groups excluding carboxylic acids is 8. The van der Waals surface area contributed by atoms with E-state index in [0.717, 1.165) is 212 Å². The third-order valence-electron chi connectivity index (χ3n) is 23.7. The normalized spacial score (nSPS) is 26.0. The van der Waals surface area contributed by atoms with Gasteiger partial charge in [0.05, 0.1) is 61.0 Å². The van der Waals surface area contributed by atoms with Crippen molar-refractivity contribution in [2.24, 2.45) is 57.3 Å². The fraction of sp³-hybridized carbons (Fsp3) is 0.578. The first-order valence-electron chi connectivity index (χ1n) is 50.1. The summed E-state index contributed by atoms with van der Waals surface area (Å²) in [7, 11) is 0. The largest absolute Gasteiger partial charge is 0.476 e. The van der Waals surface area contributed by atoms with Crippen molar-refractivity contribution in [2.75, 3.05) is 0 Å². The molecule has 6 aromatic rings. The summed E-state index contributed by atoms with van der Waals surface area (Å²) in [6.45, 7) is 10.4. The second-order valence-electron chi connectivity index (χ2n) is 38.0. The molecule has 10 aliphatic rings. The number of ketones is 8. The van der Waals surface area contributed by atoms with Crippen LogP contribution in [0.3, 0.4) is 0 Å². The Kier molecular flexibility index (Phi) is 77.4. The predicted molar refractivity (Wildman–Crippen MR) is 562 cm³/mol. The van der Waals surface area contributed by atoms with Crippen LogP contribution in [0, 0.1) is 0 Å². The van der Waals surface area contributed by atoms with Crippen LogP contribution in [0.25, 0.3) is 0 Å². The van der Waals surface area contributed by atoms with Crippen molar-refractivity contribution in [3.63, 3.8) is 0 Å². The molecule has 0 bridgehead atoms. The molecule has 824 valence electrons. The molecule has 10 saturated carbocycles. The highest BCUT2D eigenvalue weighted by Gasteiger charge is 2.26. The maximum absolute atomic E-state index is 10.7. The van der Waals surface area contributed by atoms with Crippen molar-refractivity contribution < 1.29 is 135 Å². The third kappa shape index (κ3) is 73.7. The minimum absolute atomic E-state index is 0.102. The Morgan fingerprint density at radius 3 is 0.356 bits per heavy atom. The minimum atomic E-state index is -1.38. The van der Waals surface area contributed by atoms with Gasteiger partial charge in [0, 0.05) is 79.8 Å². The van der Waals surface area contributed by atoms with Gasteiger partial charge in [-0.15, -0.1) is 0 Å². The van der Waals surface area contributed by atoms with Crippen LogP contribution in [0.1, 0.15) is 317 Å². The molecule has 10 fully saturated rings. The maximum atomic E-state index is 10.7. The van der Waals surface area contributed by atoms with Crippen molar-refractivity contribution in [2.45, 2.75) is 400 Å². The molecule has 0 radical (unpaired) electrons. The fourth-order valence-corrected chi connectivity index (χ4v) is 14.9. The summed E-state index contributed by atoms with van der Waals surface area (Å²) < 4.78 is 0. The molecule has 10 aliphatic carbocycles. The fourth-order valence-electron chi connectivity index (χ4n) is 14.9. The average Bonchev–Trinajstić information content (AvgIpc) is 1.83. The first-order chi connectivity index (χ1) is 68.5. The molecule has 13 unspecified atom stereocenters. The minimum Gasteiger partial charge on any atom is -0.476 e. The number of rotatable bonds is 13. The topological polar surface area (TPSA) is 775 Å². The number of hydrogen-bond acceptors (Lipinski definition) is 35. The number of benzene rings is 6. The van der Waals surface area contributed by atoms with Gasteiger partial charge in [0.25, 0.3) is 0 Å². The molecule has 0 spiro atoms. The predicted octanol–water partition coefficient (Wildman–Crippen LogP) is 6.34. The van der Waals surface area contributed by atoms with Crippen molar-refractivity contribution in [3.8, 4) is 0 Å². The van der Waals surface area contributed by atoms with Gasteiger partial charge in [-0.2, -0.15) is 0 Å². The van der Waals surface area contributed by atoms with Gasteiger partial charge in [0.2, 0.25) is 11.6 Å². The first kappa shape index (κ1) is 139. The molecule has 0 aromatic heterocycles. The molecule has 0 amide bonds. The number of carbonyl (C=O) groups is 10. The van der Waals surface area contributed by atoms with E-state index < -0.39 is 54.0 Å². The summed E-state index contributed by atoms with van der Waals surface area (Å²) in [5.74, 6) is -5.42. The number of aliphatic hydroxyl groups is 15. The number of carboxylic acid groups (broad SMARTS) is 2. The van der Waals surface area contributed by atoms with Gasteiger partial charge in [-0.1, -0.05) is 182 Å². The lowest BCUT2D eigenvalue weighted by Crippen LogP contribution is -2.15. The lowest BCUT2D eigenvalue weighted by Gasteiger charge is -2.04. The molecule has 0 heterocycles. The zero-order valence-corrected chi connectivity index (χ0v) is 86.4. The van der Waals surface area contributed by atoms with Crippen LogP contribution in [0.5, 0.6) is 0 Å². The van der Waals surface area contributed by atoms with E-state index in [4.69, 9.17) is 119 Å². The molecule has 37 heteroatoms. The SMILES string of the molecule is CC(=O)C(=O)O.CC(=O)C(=O)O.CC(=O)C(O)c1ccccc1.CC(=O)[C@@H](O)c1ccccc1.CC(=O)[C@@H](O)c1ccccc1.CC(=O)[C@H](O)c1ccccc1.CC(=O)[C@H](O)c1ccccc1.CC(=O)c1ccccc1.NC1CCC(O)C1.NC1CCC(O)C1.NC1CCC(O)C1.NC1CCC(O)C1.NC1CCC(O)C1.NC1CCC(O)C1.N[C@H]1CC[C@@H](O)C1.N[C@H]1CC[C@@H](O)C1.N[C@H]1CC[C@@H](O)C1.N[C@H]1CC[C@@H](O)C1. The average molecular weight is 2060 g/mol. The van der Waals surface area contributed by atoms with Gasteiger partial charge < -0.3 is 144 Å². The third-order valence-corrected chi connectivity index (χ3v) is 23.7. The van der Waals surface area contributed by atoms with E-state index in [0.29, 0.717) is 27.8 Å². The monoisotopic (exact) mass is 2060 g/mol. The molecule has 146 heavy (non-hydrogen) atoms. The highest BCUT2D eigenvalue weighted by atomic mass is 16.4. The number of hydrogen-bond donors (Lipinski definition) is 27. The number of carboxylic acids is 2. The van der Waals surface area contributed by atoms with Crippen molar-refractivity contribution in [3.05, 3.63) is 215 Å². The second-order valence-corrected chi connectivity index (χ2v) is 38.0. The highest BCUT2D eigenvalue weighted by molar-refractivity contribution is 6.31. The summed E-state index contributed by atoms with van der Waals surface area (Å²) in [4.78, 5) is 102. The summed E-state index contributed by atoms with van der Waals surface area (Å²) in [6, 6.07) is 56.4. The van der Waals surface area contributed by atoms with Gasteiger partial charge in [0.15, 0.2) is 34.7 Å². The molecule has 37 N–H and O–H groups in total. The molecule has 16 rings (SSSR count). The molecular formula is C109H176N10O27. The Morgan fingerprint density at radius 1 is 0.199 bits per heavy atom. The maximum Gasteiger partial charge on any atom is 0.371 e. The Labute approximate surface area is 861 Å². The standard InChI is InChI=1S/5C9H10O2.C8H8O.10C5H11NO.2C3H4O3/c5*1-7(10)9(11)8-5-3-2-4-6-8;1-7(9)8-5-3-2-4-6-8;10*6-4-1-2-5(7)3-4;2*1-2(4)3(5)6/h5*2-6,9,11H,1H3;2-6H,1H3;10*4-5,7H,1-3,6H2;2*1H3,(H,5,6)/t4*9-;;;4*4-,5+;;;;;;;;/m1100..0000......../s1. The van der Waals surface area contributed by atoms with E-state index in [-0.39, 0.29) is 156 Å². The van der Waals surface area contributed by atoms with Gasteiger partial charge in [0.1, 0.15) is 30.5 Å². The van der Waals surface area contributed by atoms with Gasteiger partial charge in [-0.3, -0.25) is 38.4 Å². The van der Waals surface area contributed by atoms with Gasteiger partial charge >= 0.3 is 11.9 Å². The zero-order valence-electron chi connectivity index (χ0n) is 86.4. The van der Waals surface area contributed by atoms with E-state index in [9.17, 15) is 73.5 Å². The molecule has 6 aromatic carbocycles. The summed E-state index contributed by atoms with van der Waals surface area (Å²) >= 11 is 0. The molecule has 37 nitrogen and oxygen atoms in total. The Bertz CT molecular complexity index is 3690. The summed E-state index contributed by atoms with van der Waals surface area (Å²) in [6.07, 6.45) is 21.3. The molecule has 0 saturated heterocycles. The van der Waals surface area contributed by atoms with Crippen LogP contribution in [-0.4, -0.2) is 266 Å². The number of aliphatic carboxylic acids is 2. The smallest absolute Gasteiger partial charge is 0.371 e. The van der Waals surface area contributed by atoms with Crippen molar-refractivity contribution >= 4 is 58.2 Å². The highest BCUT2D eigenvalue weighted by Crippen LogP contribution is 2.25. The van der Waals surface area contributed by atoms with E-state index in [1.807, 2.05) is 60.7 Å². The van der Waals surface area contributed by atoms with E-state index in [2.05, 4.69) is 0 Å². The second kappa shape index (κ2) is 81.5. The lowest BCUT2D eigenvalue weighted by atomic mass is 10.1. The van der Waals surface area contributed by atoms with Gasteiger partial charge in [-0.25, -0.2) is 9.59 Å². The van der Waals surface area contributed by atoms with Gasteiger partial charge in [-0.05, 0) is 262 Å². The van der Waals surface area contributed by atoms with Crippen LogP contribution >= 0.6 is 0 Å². The van der Waals surface area contributed by atoms with E-state index >= 15 is 0 Å². The summed E-state index contributed by atoms with van der Waals surface area (Å²) in [5.41, 5.74) is 58.7. The Balaban J connectivity index is 0. The van der Waals surface area contributed by atoms with E-state index in [1.54, 1.807) is 128 Å². The van der Waals surface area contributed by atoms with Crippen LogP contribution in [-0.2, 0) is 43.2 Å². The van der Waals surface area contributed by atoms with Crippen LogP contribution < -0.4 is 57.3 Å². The van der Waals surface area contributed by atoms with E-state index in [1.165, 1.54) is 34.6 Å². The lowest BCUT2D eigenvalue weighted by molar-refractivity contribution is -0.148. The molecular weight excluding hydrogens is 1880 g/mol. The Morgan fingerprint density at radius 2 is 0.301 bits per heavy atom.